The van der Waals surface area contributed by atoms with Crippen LogP contribution in [0.4, 0.5) is 0 Å². The molecule has 0 saturated carbocycles. The van der Waals surface area contributed by atoms with Crippen molar-refractivity contribution in [2.45, 2.75) is 57.5 Å². The van der Waals surface area contributed by atoms with E-state index in [9.17, 15) is 14.3 Å². The molecule has 192 valence electrons. The largest absolute Gasteiger partial charge is 0.870 e. The summed E-state index contributed by atoms with van der Waals surface area (Å²) >= 11 is 5.84. The van der Waals surface area contributed by atoms with Gasteiger partial charge in [-0.05, 0) is 37.1 Å². The molecule has 1 rings (SSSR count). The third kappa shape index (κ3) is 17.9. The number of carboxylic acids is 1. The monoisotopic (exact) mass is 511 g/mol. The number of aliphatic carboxylic acids is 1. The van der Waals surface area contributed by atoms with Gasteiger partial charge < -0.3 is 24.7 Å². The first-order valence-corrected chi connectivity index (χ1v) is 12.9. The lowest BCUT2D eigenvalue weighted by molar-refractivity contribution is -0.873. The minimum absolute atomic E-state index is 0. The Morgan fingerprint density at radius 2 is 1.52 bits per heavy atom. The number of nitrogens with zero attached hydrogens (tertiary/aromatic N) is 1. The molecule has 1 unspecified atom stereocenters. The van der Waals surface area contributed by atoms with E-state index in [0.717, 1.165) is 44.3 Å². The lowest BCUT2D eigenvalue weighted by Gasteiger charge is -2.29. The second-order valence-electron chi connectivity index (χ2n) is 8.88. The Morgan fingerprint density at radius 1 is 1.00 bits per heavy atom. The molecule has 0 saturated heterocycles. The molecule has 33 heavy (non-hydrogen) atoms. The van der Waals surface area contributed by atoms with Gasteiger partial charge in [0.05, 0.1) is 40.8 Å². The number of phosphoric ester groups is 1. The highest BCUT2D eigenvalue weighted by Crippen LogP contribution is 2.45. The van der Waals surface area contributed by atoms with Crippen LogP contribution in [-0.4, -0.2) is 72.9 Å². The second-order valence-corrected chi connectivity index (χ2v) is 10.7. The van der Waals surface area contributed by atoms with Crippen molar-refractivity contribution in [2.75, 3.05) is 40.9 Å². The molecule has 0 fully saturated rings. The van der Waals surface area contributed by atoms with Crippen LogP contribution < -0.4 is 4.74 Å². The van der Waals surface area contributed by atoms with Gasteiger partial charge in [-0.25, -0.2) is 4.57 Å². The highest BCUT2D eigenvalue weighted by atomic mass is 35.5. The van der Waals surface area contributed by atoms with Gasteiger partial charge in [0.15, 0.2) is 0 Å². The maximum absolute atomic E-state index is 12.1. The van der Waals surface area contributed by atoms with Gasteiger partial charge in [-0.3, -0.25) is 13.8 Å². The standard InChI is InChI=1S/C22H37ClNO7P.H2O/c1-24(2,3)18-21(17-22(25)26)31-32(27,28)30-16-10-8-6-4-5-7-9-15-29-20-13-11-19(23)12-14-20;/h11-14,21H,4-10,15-18H2,1-3H3,(H-,25,26,27,28);1H2/t21-;/m1./s1. The van der Waals surface area contributed by atoms with Gasteiger partial charge >= 0.3 is 13.8 Å². The minimum Gasteiger partial charge on any atom is -0.870 e. The van der Waals surface area contributed by atoms with E-state index in [2.05, 4.69) is 0 Å². The van der Waals surface area contributed by atoms with E-state index < -0.39 is 19.9 Å². The molecule has 0 aliphatic heterocycles. The third-order valence-corrected chi connectivity index (χ3v) is 5.89. The van der Waals surface area contributed by atoms with Crippen LogP contribution in [0.25, 0.3) is 0 Å². The van der Waals surface area contributed by atoms with Crippen molar-refractivity contribution in [2.24, 2.45) is 0 Å². The number of halogens is 1. The molecule has 9 nitrogen and oxygen atoms in total. The number of phosphoric acid groups is 1. The number of carbonyl (C=O) groups is 1. The summed E-state index contributed by atoms with van der Waals surface area (Å²) in [5, 5.41) is 9.69. The Kier molecular flexibility index (Phi) is 15.8. The van der Waals surface area contributed by atoms with E-state index in [1.54, 1.807) is 0 Å². The molecular formula is C22H39ClNO8P. The number of likely N-dealkylation sites (N-methyl/N-ethyl adjacent to an activating group) is 1. The van der Waals surface area contributed by atoms with Crippen molar-refractivity contribution in [3.63, 3.8) is 0 Å². The summed E-state index contributed by atoms with van der Waals surface area (Å²) in [5.41, 5.74) is 0. The Morgan fingerprint density at radius 3 is 2.03 bits per heavy atom. The Bertz CT molecular complexity index is 711. The first-order valence-electron chi connectivity index (χ1n) is 11.0. The molecule has 0 radical (unpaired) electrons. The van der Waals surface area contributed by atoms with Crippen LogP contribution in [-0.2, 0) is 18.4 Å². The van der Waals surface area contributed by atoms with Gasteiger partial charge in [-0.1, -0.05) is 43.7 Å². The molecular weight excluding hydrogens is 473 g/mol. The van der Waals surface area contributed by atoms with Crippen LogP contribution in [0.1, 0.15) is 51.4 Å². The number of hydrogen-bond acceptors (Lipinski definition) is 6. The van der Waals surface area contributed by atoms with Crippen LogP contribution in [0.15, 0.2) is 24.3 Å². The molecule has 1 aromatic carbocycles. The molecule has 0 amide bonds. The average molecular weight is 512 g/mol. The van der Waals surface area contributed by atoms with Gasteiger partial charge in [0, 0.05) is 5.02 Å². The Hall–Kier alpha value is -1.19. The third-order valence-electron chi connectivity index (χ3n) is 4.56. The molecule has 0 spiro atoms. The number of ether oxygens (including phenoxy) is 1. The molecule has 1 aromatic rings. The van der Waals surface area contributed by atoms with Crippen LogP contribution in [0.2, 0.25) is 5.02 Å². The van der Waals surface area contributed by atoms with Crippen molar-refractivity contribution in [1.82, 2.24) is 0 Å². The fraction of sp³-hybridized carbons (Fsp3) is 0.682. The number of unbranched alkanes of at least 4 members (excludes halogenated alkanes) is 6. The van der Waals surface area contributed by atoms with E-state index in [1.165, 1.54) is 0 Å². The first-order chi connectivity index (χ1) is 15.0. The smallest absolute Gasteiger partial charge is 0.472 e. The summed E-state index contributed by atoms with van der Waals surface area (Å²) in [5.74, 6) is -0.258. The number of benzene rings is 1. The summed E-state index contributed by atoms with van der Waals surface area (Å²) in [4.78, 5) is 20.9. The van der Waals surface area contributed by atoms with E-state index in [4.69, 9.17) is 30.5 Å². The number of rotatable bonds is 18. The SMILES string of the molecule is C[N+](C)(C)C[C@@H](CC(=O)O)OP(=O)(O)OCCCCCCCCCOc1ccc(Cl)cc1.[OH-]. The predicted molar refractivity (Wildman–Crippen MR) is 127 cm³/mol. The molecule has 0 heterocycles. The highest BCUT2D eigenvalue weighted by molar-refractivity contribution is 7.47. The first kappa shape index (κ1) is 31.8. The minimum atomic E-state index is -4.29. The van der Waals surface area contributed by atoms with Crippen molar-refractivity contribution in [1.29, 1.82) is 0 Å². The van der Waals surface area contributed by atoms with Gasteiger partial charge in [0.2, 0.25) is 0 Å². The Balaban J connectivity index is 0.0000102. The molecule has 0 aliphatic carbocycles. The molecule has 0 bridgehead atoms. The fourth-order valence-electron chi connectivity index (χ4n) is 3.15. The van der Waals surface area contributed by atoms with Crippen LogP contribution in [0, 0.1) is 0 Å². The van der Waals surface area contributed by atoms with Crippen LogP contribution in [0.5, 0.6) is 5.75 Å². The molecule has 2 atom stereocenters. The van der Waals surface area contributed by atoms with E-state index in [0.29, 0.717) is 22.5 Å². The lowest BCUT2D eigenvalue weighted by atomic mass is 10.1. The summed E-state index contributed by atoms with van der Waals surface area (Å²) in [6.45, 7) is 1.07. The van der Waals surface area contributed by atoms with E-state index in [1.807, 2.05) is 45.4 Å². The van der Waals surface area contributed by atoms with E-state index in [-0.39, 0.29) is 25.0 Å². The van der Waals surface area contributed by atoms with Crippen molar-refractivity contribution >= 4 is 25.4 Å². The summed E-state index contributed by atoms with van der Waals surface area (Å²) < 4.78 is 28.4. The summed E-state index contributed by atoms with van der Waals surface area (Å²) in [6.07, 6.45) is 5.56. The van der Waals surface area contributed by atoms with Crippen molar-refractivity contribution in [3.05, 3.63) is 29.3 Å². The van der Waals surface area contributed by atoms with Gasteiger partial charge in [0.1, 0.15) is 18.4 Å². The summed E-state index contributed by atoms with van der Waals surface area (Å²) in [6, 6.07) is 7.33. The number of quaternary nitrogens is 1. The normalized spacial score (nSPS) is 14.2. The van der Waals surface area contributed by atoms with Gasteiger partial charge in [0.25, 0.3) is 0 Å². The van der Waals surface area contributed by atoms with Crippen LogP contribution in [0.3, 0.4) is 0 Å². The maximum atomic E-state index is 12.1. The van der Waals surface area contributed by atoms with Crippen molar-refractivity contribution in [3.8, 4) is 5.75 Å². The fourth-order valence-corrected chi connectivity index (χ4v) is 4.21. The average Bonchev–Trinajstić information content (AvgIpc) is 2.65. The molecule has 11 heteroatoms. The van der Waals surface area contributed by atoms with Crippen LogP contribution >= 0.6 is 19.4 Å². The topological polar surface area (TPSA) is 132 Å². The number of hydrogen-bond donors (Lipinski definition) is 2. The molecule has 0 aromatic heterocycles. The Labute approximate surface area is 202 Å². The molecule has 3 N–H and O–H groups in total. The highest BCUT2D eigenvalue weighted by Gasteiger charge is 2.31. The van der Waals surface area contributed by atoms with Crippen molar-refractivity contribution < 1.29 is 43.1 Å². The maximum Gasteiger partial charge on any atom is 0.472 e. The zero-order chi connectivity index (χ0) is 24.0. The lowest BCUT2D eigenvalue weighted by Crippen LogP contribution is -2.42. The predicted octanol–water partition coefficient (Wildman–Crippen LogP) is 4.96. The summed E-state index contributed by atoms with van der Waals surface area (Å²) in [7, 11) is 1.28. The van der Waals surface area contributed by atoms with E-state index >= 15 is 0 Å². The zero-order valence-corrected chi connectivity index (χ0v) is 21.5. The second kappa shape index (κ2) is 16.4. The zero-order valence-electron chi connectivity index (χ0n) is 19.8. The quantitative estimate of drug-likeness (QED) is 0.160. The molecule has 0 aliphatic rings. The van der Waals surface area contributed by atoms with Gasteiger partial charge in [-0.15, -0.1) is 0 Å². The van der Waals surface area contributed by atoms with Gasteiger partial charge in [-0.2, -0.15) is 0 Å². The number of carboxylic acid groups (broad SMARTS) is 1.